The lowest BCUT2D eigenvalue weighted by molar-refractivity contribution is 0.0948. The van der Waals surface area contributed by atoms with Gasteiger partial charge >= 0.3 is 0 Å². The molecule has 1 aromatic heterocycles. The number of hydrogen-bond acceptors (Lipinski definition) is 7. The van der Waals surface area contributed by atoms with Crippen LogP contribution in [0.4, 0.5) is 0 Å². The summed E-state index contributed by atoms with van der Waals surface area (Å²) in [6, 6.07) is 14.1. The Bertz CT molecular complexity index is 1070. The number of hydrogen-bond donors (Lipinski definition) is 1. The Morgan fingerprint density at radius 1 is 0.971 bits per heavy atom. The summed E-state index contributed by atoms with van der Waals surface area (Å²) in [5.41, 5.74) is 2.84. The molecule has 1 heterocycles. The van der Waals surface area contributed by atoms with Crippen LogP contribution in [-0.2, 0) is 19.5 Å². The maximum absolute atomic E-state index is 12.4. The van der Waals surface area contributed by atoms with Crippen LogP contribution < -0.4 is 19.5 Å². The number of thiazole rings is 1. The molecule has 35 heavy (non-hydrogen) atoms. The molecule has 7 nitrogen and oxygen atoms in total. The van der Waals surface area contributed by atoms with E-state index in [-0.39, 0.29) is 5.91 Å². The van der Waals surface area contributed by atoms with Gasteiger partial charge in [-0.25, -0.2) is 4.98 Å². The maximum atomic E-state index is 12.4. The lowest BCUT2D eigenvalue weighted by atomic mass is 10.1. The largest absolute Gasteiger partial charge is 0.497 e. The van der Waals surface area contributed by atoms with Crippen LogP contribution in [0.15, 0.2) is 47.8 Å². The molecule has 2 aromatic carbocycles. The number of benzene rings is 2. The third-order valence-electron chi connectivity index (χ3n) is 5.69. The van der Waals surface area contributed by atoms with E-state index in [1.165, 1.54) is 16.9 Å². The molecular weight excluding hydrogens is 462 g/mol. The van der Waals surface area contributed by atoms with Crippen LogP contribution in [0.2, 0.25) is 0 Å². The van der Waals surface area contributed by atoms with Crippen molar-refractivity contribution < 1.29 is 19.0 Å². The number of nitrogens with one attached hydrogen (secondary N) is 1. The van der Waals surface area contributed by atoms with Gasteiger partial charge in [-0.3, -0.25) is 9.69 Å². The van der Waals surface area contributed by atoms with Crippen molar-refractivity contribution in [3.63, 3.8) is 0 Å². The first-order valence-corrected chi connectivity index (χ1v) is 12.7. The fraction of sp³-hybridized carbons (Fsp3) is 0.407. The molecule has 0 atom stereocenters. The van der Waals surface area contributed by atoms with E-state index in [0.29, 0.717) is 18.8 Å². The summed E-state index contributed by atoms with van der Waals surface area (Å²) < 4.78 is 16.1. The highest BCUT2D eigenvalue weighted by molar-refractivity contribution is 7.09. The van der Waals surface area contributed by atoms with E-state index in [4.69, 9.17) is 14.2 Å². The first kappa shape index (κ1) is 26.5. The number of unbranched alkanes of at least 4 members (excludes halogenated alkanes) is 1. The molecular formula is C27H35N3O4S. The minimum absolute atomic E-state index is 0.104. The SMILES string of the molecule is CCCCNC(=O)c1csc(CN(CCc2ccc(OC)c(OC)c2)Cc2ccc(OC)cc2)n1. The van der Waals surface area contributed by atoms with Crippen molar-refractivity contribution in [3.8, 4) is 17.2 Å². The predicted molar refractivity (Wildman–Crippen MR) is 140 cm³/mol. The summed E-state index contributed by atoms with van der Waals surface area (Å²) in [6.07, 6.45) is 2.85. The molecule has 8 heteroatoms. The molecule has 0 aliphatic heterocycles. The van der Waals surface area contributed by atoms with Crippen molar-refractivity contribution in [1.29, 1.82) is 0 Å². The van der Waals surface area contributed by atoms with E-state index >= 15 is 0 Å². The Morgan fingerprint density at radius 2 is 1.71 bits per heavy atom. The van der Waals surface area contributed by atoms with E-state index in [0.717, 1.165) is 60.2 Å². The summed E-state index contributed by atoms with van der Waals surface area (Å²) >= 11 is 1.52. The van der Waals surface area contributed by atoms with Gasteiger partial charge in [0.1, 0.15) is 16.5 Å². The Labute approximate surface area is 212 Å². The van der Waals surface area contributed by atoms with Gasteiger partial charge in [-0.15, -0.1) is 11.3 Å². The predicted octanol–water partition coefficient (Wildman–Crippen LogP) is 4.94. The molecule has 0 radical (unpaired) electrons. The fourth-order valence-corrected chi connectivity index (χ4v) is 4.49. The number of nitrogens with zero attached hydrogens (tertiary/aromatic N) is 2. The average molecular weight is 498 g/mol. The van der Waals surface area contributed by atoms with Crippen molar-refractivity contribution in [2.45, 2.75) is 39.3 Å². The standard InChI is InChI=1S/C27H35N3O4S/c1-5-6-14-28-27(31)23-19-35-26(29-23)18-30(17-21-7-10-22(32-2)11-8-21)15-13-20-9-12-24(33-3)25(16-20)34-4/h7-12,16,19H,5-6,13-15,17-18H2,1-4H3,(H,28,31). The van der Waals surface area contributed by atoms with Crippen molar-refractivity contribution in [2.24, 2.45) is 0 Å². The zero-order chi connectivity index (χ0) is 25.0. The molecule has 0 aliphatic carbocycles. The third-order valence-corrected chi connectivity index (χ3v) is 6.52. The summed E-state index contributed by atoms with van der Waals surface area (Å²) in [5, 5.41) is 5.71. The third kappa shape index (κ3) is 7.97. The molecule has 0 spiro atoms. The summed E-state index contributed by atoms with van der Waals surface area (Å²) in [4.78, 5) is 19.3. The average Bonchev–Trinajstić information content (AvgIpc) is 3.36. The second kappa shape index (κ2) is 13.7. The van der Waals surface area contributed by atoms with Gasteiger partial charge in [0.05, 0.1) is 27.9 Å². The second-order valence-electron chi connectivity index (χ2n) is 8.23. The van der Waals surface area contributed by atoms with Crippen LogP contribution in [-0.4, -0.2) is 50.2 Å². The van der Waals surface area contributed by atoms with Gasteiger partial charge in [-0.2, -0.15) is 0 Å². The van der Waals surface area contributed by atoms with Crippen LogP contribution in [0.3, 0.4) is 0 Å². The minimum Gasteiger partial charge on any atom is -0.497 e. The minimum atomic E-state index is -0.104. The van der Waals surface area contributed by atoms with Crippen molar-refractivity contribution >= 4 is 17.2 Å². The van der Waals surface area contributed by atoms with Gasteiger partial charge in [0, 0.05) is 25.0 Å². The van der Waals surface area contributed by atoms with E-state index in [1.807, 2.05) is 29.6 Å². The quantitative estimate of drug-likeness (QED) is 0.318. The van der Waals surface area contributed by atoms with Gasteiger partial charge in [0.25, 0.3) is 5.91 Å². The highest BCUT2D eigenvalue weighted by Crippen LogP contribution is 2.28. The summed E-state index contributed by atoms with van der Waals surface area (Å²) in [7, 11) is 4.96. The van der Waals surface area contributed by atoms with E-state index in [2.05, 4.69) is 40.3 Å². The number of rotatable bonds is 14. The zero-order valence-corrected chi connectivity index (χ0v) is 21.8. The van der Waals surface area contributed by atoms with Crippen LogP contribution in [0.5, 0.6) is 17.2 Å². The molecule has 3 rings (SSSR count). The number of ether oxygens (including phenoxy) is 3. The van der Waals surface area contributed by atoms with Crippen LogP contribution in [0.25, 0.3) is 0 Å². The highest BCUT2D eigenvalue weighted by atomic mass is 32.1. The Hall–Kier alpha value is -3.10. The van der Waals surface area contributed by atoms with Gasteiger partial charge in [0.2, 0.25) is 0 Å². The molecule has 1 N–H and O–H groups in total. The van der Waals surface area contributed by atoms with Gasteiger partial charge in [-0.05, 0) is 48.2 Å². The zero-order valence-electron chi connectivity index (χ0n) is 21.0. The molecule has 0 bridgehead atoms. The van der Waals surface area contributed by atoms with Crippen LogP contribution >= 0.6 is 11.3 Å². The number of amides is 1. The van der Waals surface area contributed by atoms with Gasteiger partial charge < -0.3 is 19.5 Å². The van der Waals surface area contributed by atoms with E-state index in [9.17, 15) is 4.79 Å². The number of methoxy groups -OCH3 is 3. The van der Waals surface area contributed by atoms with Crippen molar-refractivity contribution in [3.05, 3.63) is 69.7 Å². The molecule has 1 amide bonds. The van der Waals surface area contributed by atoms with Gasteiger partial charge in [-0.1, -0.05) is 31.5 Å². The topological polar surface area (TPSA) is 72.9 Å². The Kier molecular flexibility index (Phi) is 10.4. The van der Waals surface area contributed by atoms with Gasteiger partial charge in [0.15, 0.2) is 11.5 Å². The Morgan fingerprint density at radius 3 is 2.40 bits per heavy atom. The van der Waals surface area contributed by atoms with Crippen molar-refractivity contribution in [1.82, 2.24) is 15.2 Å². The fourth-order valence-electron chi connectivity index (χ4n) is 3.67. The van der Waals surface area contributed by atoms with Crippen LogP contribution in [0.1, 0.15) is 46.4 Å². The summed E-state index contributed by atoms with van der Waals surface area (Å²) in [5.74, 6) is 2.18. The molecule has 0 saturated heterocycles. The summed E-state index contributed by atoms with van der Waals surface area (Å²) in [6.45, 7) is 5.02. The lowest BCUT2D eigenvalue weighted by Gasteiger charge is -2.22. The first-order chi connectivity index (χ1) is 17.1. The maximum Gasteiger partial charge on any atom is 0.270 e. The van der Waals surface area contributed by atoms with Crippen LogP contribution in [0, 0.1) is 0 Å². The molecule has 0 saturated carbocycles. The number of aromatic nitrogens is 1. The molecule has 188 valence electrons. The number of carbonyl (C=O) groups is 1. The molecule has 0 unspecified atom stereocenters. The lowest BCUT2D eigenvalue weighted by Crippen LogP contribution is -2.26. The molecule has 3 aromatic rings. The monoisotopic (exact) mass is 497 g/mol. The Balaban J connectivity index is 1.71. The normalized spacial score (nSPS) is 10.9. The number of carbonyl (C=O) groups excluding carboxylic acids is 1. The second-order valence-corrected chi connectivity index (χ2v) is 9.18. The molecule has 0 aliphatic rings. The highest BCUT2D eigenvalue weighted by Gasteiger charge is 2.15. The van der Waals surface area contributed by atoms with E-state index in [1.54, 1.807) is 21.3 Å². The van der Waals surface area contributed by atoms with E-state index < -0.39 is 0 Å². The smallest absolute Gasteiger partial charge is 0.270 e. The first-order valence-electron chi connectivity index (χ1n) is 11.8. The molecule has 0 fully saturated rings. The van der Waals surface area contributed by atoms with Crippen molar-refractivity contribution in [2.75, 3.05) is 34.4 Å².